The fraction of sp³-hybridized carbons (Fsp3) is 0.263. The molecule has 2 heterocycles. The molecule has 1 atom stereocenters. The van der Waals surface area contributed by atoms with E-state index in [0.717, 1.165) is 0 Å². The van der Waals surface area contributed by atoms with Crippen LogP contribution >= 0.6 is 27.5 Å². The van der Waals surface area contributed by atoms with Crippen LogP contribution in [0.3, 0.4) is 0 Å². The van der Waals surface area contributed by atoms with Gasteiger partial charge >= 0.3 is 0 Å². The molecule has 11 heteroatoms. The maximum absolute atomic E-state index is 14.0. The van der Waals surface area contributed by atoms with Crippen LogP contribution in [0.1, 0.15) is 34.6 Å². The van der Waals surface area contributed by atoms with Crippen LogP contribution in [-0.4, -0.2) is 39.3 Å². The normalized spacial score (nSPS) is 11.8. The predicted molar refractivity (Wildman–Crippen MR) is 114 cm³/mol. The standard InChI is InChI=1S/C19H19BrFN5O3S/c1-10(29-18-17(22)23-8-15(20)24-18)14-6-11(21)4-5-13(14)19(27)26(2)9-12-7-16(28-3)30-25-12/h4-8,10H,9H2,1-3H3,(H2,22,23)/t10-/m1/s1. The van der Waals surface area contributed by atoms with Crippen molar-refractivity contribution in [3.63, 3.8) is 0 Å². The molecule has 0 aliphatic heterocycles. The minimum absolute atomic E-state index is 0.0856. The summed E-state index contributed by atoms with van der Waals surface area (Å²) in [7, 11) is 3.20. The van der Waals surface area contributed by atoms with E-state index in [9.17, 15) is 9.18 Å². The molecule has 1 aromatic carbocycles. The van der Waals surface area contributed by atoms with Crippen LogP contribution < -0.4 is 15.2 Å². The molecule has 0 aliphatic carbocycles. The second-order valence-corrected chi connectivity index (χ2v) is 7.96. The van der Waals surface area contributed by atoms with E-state index in [2.05, 4.69) is 30.3 Å². The third-order valence-electron chi connectivity index (χ3n) is 4.19. The van der Waals surface area contributed by atoms with E-state index >= 15 is 0 Å². The highest BCUT2D eigenvalue weighted by Crippen LogP contribution is 2.28. The number of halogens is 2. The number of nitrogens with two attached hydrogens (primary N) is 1. The summed E-state index contributed by atoms with van der Waals surface area (Å²) >= 11 is 4.41. The van der Waals surface area contributed by atoms with Crippen LogP contribution in [0.2, 0.25) is 0 Å². The lowest BCUT2D eigenvalue weighted by atomic mass is 10.0. The van der Waals surface area contributed by atoms with Gasteiger partial charge in [0, 0.05) is 35.8 Å². The SMILES string of the molecule is COc1cc(CN(C)C(=O)c2ccc(F)cc2[C@@H](C)Oc2nc(Br)cnc2N)ns1. The van der Waals surface area contributed by atoms with Crippen LogP contribution in [0.5, 0.6) is 10.9 Å². The number of amides is 1. The molecule has 0 saturated heterocycles. The maximum Gasteiger partial charge on any atom is 0.258 e. The van der Waals surface area contributed by atoms with Gasteiger partial charge in [0.2, 0.25) is 0 Å². The number of nitrogen functional groups attached to an aromatic ring is 1. The van der Waals surface area contributed by atoms with E-state index in [1.165, 1.54) is 40.8 Å². The molecule has 0 fully saturated rings. The van der Waals surface area contributed by atoms with E-state index in [1.807, 2.05) is 0 Å². The fourth-order valence-electron chi connectivity index (χ4n) is 2.73. The summed E-state index contributed by atoms with van der Waals surface area (Å²) < 4.78 is 29.6. The van der Waals surface area contributed by atoms with Crippen LogP contribution in [0, 0.1) is 5.82 Å². The molecular formula is C19H19BrFN5O3S. The molecule has 0 unspecified atom stereocenters. The number of ether oxygens (including phenoxy) is 2. The molecule has 8 nitrogen and oxygen atoms in total. The second-order valence-electron chi connectivity index (χ2n) is 6.38. The van der Waals surface area contributed by atoms with Gasteiger partial charge in [0.05, 0.1) is 25.5 Å². The molecule has 0 aliphatic rings. The molecular weight excluding hydrogens is 477 g/mol. The highest BCUT2D eigenvalue weighted by Gasteiger charge is 2.23. The van der Waals surface area contributed by atoms with Crippen LogP contribution in [0.15, 0.2) is 35.1 Å². The van der Waals surface area contributed by atoms with Gasteiger partial charge in [0.25, 0.3) is 11.8 Å². The third-order valence-corrected chi connectivity index (χ3v) is 5.36. The van der Waals surface area contributed by atoms with Crippen molar-refractivity contribution < 1.29 is 18.7 Å². The van der Waals surface area contributed by atoms with Crippen LogP contribution in [0.25, 0.3) is 0 Å². The average Bonchev–Trinajstić information content (AvgIpc) is 3.17. The Kier molecular flexibility index (Phi) is 6.83. The quantitative estimate of drug-likeness (QED) is 0.530. The number of anilines is 1. The number of rotatable bonds is 7. The zero-order valence-electron chi connectivity index (χ0n) is 16.4. The Hall–Kier alpha value is -2.79. The summed E-state index contributed by atoms with van der Waals surface area (Å²) in [6.07, 6.45) is 0.727. The molecule has 2 N–H and O–H groups in total. The number of carbonyl (C=O) groups excluding carboxylic acids is 1. The van der Waals surface area contributed by atoms with Crippen molar-refractivity contribution in [2.45, 2.75) is 19.6 Å². The summed E-state index contributed by atoms with van der Waals surface area (Å²) in [5.74, 6) is -0.621. The first kappa shape index (κ1) is 21.9. The van der Waals surface area contributed by atoms with Gasteiger partial charge < -0.3 is 20.1 Å². The van der Waals surface area contributed by atoms with E-state index in [1.54, 1.807) is 27.1 Å². The first-order valence-corrected chi connectivity index (χ1v) is 10.3. The van der Waals surface area contributed by atoms with E-state index in [0.29, 0.717) is 26.5 Å². The molecule has 3 rings (SSSR count). The molecule has 0 saturated carbocycles. The van der Waals surface area contributed by atoms with Gasteiger partial charge in [-0.25, -0.2) is 14.4 Å². The predicted octanol–water partition coefficient (Wildman–Crippen LogP) is 3.84. The Morgan fingerprint density at radius 1 is 1.40 bits per heavy atom. The smallest absolute Gasteiger partial charge is 0.258 e. The number of methoxy groups -OCH3 is 1. The van der Waals surface area contributed by atoms with Gasteiger partial charge in [-0.3, -0.25) is 4.79 Å². The summed E-state index contributed by atoms with van der Waals surface area (Å²) in [4.78, 5) is 22.7. The number of carbonyl (C=O) groups is 1. The fourth-order valence-corrected chi connectivity index (χ4v) is 3.57. The molecule has 30 heavy (non-hydrogen) atoms. The van der Waals surface area contributed by atoms with Crippen LogP contribution in [-0.2, 0) is 6.54 Å². The number of hydrogen-bond acceptors (Lipinski definition) is 8. The average molecular weight is 496 g/mol. The molecule has 0 spiro atoms. The lowest BCUT2D eigenvalue weighted by Gasteiger charge is -2.21. The Morgan fingerprint density at radius 2 is 2.17 bits per heavy atom. The first-order chi connectivity index (χ1) is 14.3. The minimum atomic E-state index is -0.710. The van der Waals surface area contributed by atoms with Gasteiger partial charge in [-0.05, 0) is 41.1 Å². The summed E-state index contributed by atoms with van der Waals surface area (Å²) in [5.41, 5.74) is 7.16. The number of aromatic nitrogens is 3. The Labute approximate surface area is 185 Å². The van der Waals surface area contributed by atoms with Crippen molar-refractivity contribution in [3.8, 4) is 10.9 Å². The first-order valence-electron chi connectivity index (χ1n) is 8.77. The van der Waals surface area contributed by atoms with E-state index in [-0.39, 0.29) is 24.1 Å². The number of nitrogens with zero attached hydrogens (tertiary/aromatic N) is 4. The van der Waals surface area contributed by atoms with Crippen molar-refractivity contribution in [1.29, 1.82) is 0 Å². The van der Waals surface area contributed by atoms with Gasteiger partial charge in [0.15, 0.2) is 10.9 Å². The highest BCUT2D eigenvalue weighted by atomic mass is 79.9. The van der Waals surface area contributed by atoms with Crippen molar-refractivity contribution in [2.75, 3.05) is 19.9 Å². The molecule has 2 aromatic heterocycles. The Balaban J connectivity index is 1.84. The van der Waals surface area contributed by atoms with Crippen molar-refractivity contribution in [1.82, 2.24) is 19.2 Å². The topological polar surface area (TPSA) is 103 Å². The zero-order chi connectivity index (χ0) is 21.8. The molecule has 0 bridgehead atoms. The Morgan fingerprint density at radius 3 is 2.87 bits per heavy atom. The zero-order valence-corrected chi connectivity index (χ0v) is 18.8. The Bertz CT molecular complexity index is 1060. The monoisotopic (exact) mass is 495 g/mol. The molecule has 158 valence electrons. The van der Waals surface area contributed by atoms with Gasteiger partial charge in [-0.1, -0.05) is 0 Å². The van der Waals surface area contributed by atoms with Crippen molar-refractivity contribution in [2.24, 2.45) is 0 Å². The van der Waals surface area contributed by atoms with Crippen molar-refractivity contribution in [3.05, 3.63) is 57.7 Å². The van der Waals surface area contributed by atoms with Gasteiger partial charge in [-0.2, -0.15) is 4.37 Å². The van der Waals surface area contributed by atoms with Gasteiger partial charge in [0.1, 0.15) is 16.5 Å². The largest absolute Gasteiger partial charge is 0.486 e. The van der Waals surface area contributed by atoms with E-state index in [4.69, 9.17) is 15.2 Å². The molecule has 1 amide bonds. The van der Waals surface area contributed by atoms with Crippen LogP contribution in [0.4, 0.5) is 10.2 Å². The van der Waals surface area contributed by atoms with Gasteiger partial charge in [-0.15, -0.1) is 0 Å². The lowest BCUT2D eigenvalue weighted by Crippen LogP contribution is -2.28. The van der Waals surface area contributed by atoms with E-state index < -0.39 is 11.9 Å². The summed E-state index contributed by atoms with van der Waals surface area (Å²) in [6, 6.07) is 5.69. The molecule has 3 aromatic rings. The number of benzene rings is 1. The molecule has 0 radical (unpaired) electrons. The lowest BCUT2D eigenvalue weighted by molar-refractivity contribution is 0.0778. The second kappa shape index (κ2) is 9.35. The summed E-state index contributed by atoms with van der Waals surface area (Å²) in [6.45, 7) is 1.95. The minimum Gasteiger partial charge on any atom is -0.486 e. The maximum atomic E-state index is 14.0. The van der Waals surface area contributed by atoms with Crippen molar-refractivity contribution >= 4 is 39.2 Å². The third kappa shape index (κ3) is 5.03. The highest BCUT2D eigenvalue weighted by molar-refractivity contribution is 9.10. The summed E-state index contributed by atoms with van der Waals surface area (Å²) in [5, 5.41) is 0.656. The number of hydrogen-bond donors (Lipinski definition) is 1.